The first-order valence-electron chi connectivity index (χ1n) is 8.57. The maximum atomic E-state index is 13.8. The summed E-state index contributed by atoms with van der Waals surface area (Å²) in [7, 11) is 0. The summed E-state index contributed by atoms with van der Waals surface area (Å²) >= 11 is 0. The Morgan fingerprint density at radius 2 is 1.90 bits per heavy atom. The highest BCUT2D eigenvalue weighted by atomic mass is 19.4. The number of hydrogen-bond acceptors (Lipinski definition) is 7. The van der Waals surface area contributed by atoms with Crippen molar-refractivity contribution in [1.82, 2.24) is 0 Å². The molecule has 1 aliphatic rings. The summed E-state index contributed by atoms with van der Waals surface area (Å²) < 4.78 is 92.3. The first-order chi connectivity index (χ1) is 14.3. The molecule has 1 aromatic rings. The molecule has 0 N–H and O–H groups in total. The fourth-order valence-corrected chi connectivity index (χ4v) is 2.60. The molecule has 172 valence electrons. The summed E-state index contributed by atoms with van der Waals surface area (Å²) in [6.45, 7) is -0.556. The van der Waals surface area contributed by atoms with Gasteiger partial charge in [0.15, 0.2) is 0 Å². The van der Waals surface area contributed by atoms with E-state index in [0.29, 0.717) is 6.08 Å². The molecule has 1 unspecified atom stereocenters. The minimum absolute atomic E-state index is 0.000402. The maximum Gasteiger partial charge on any atom is 0.573 e. The van der Waals surface area contributed by atoms with E-state index in [1.807, 2.05) is 0 Å². The van der Waals surface area contributed by atoms with Crippen molar-refractivity contribution in [2.45, 2.75) is 37.9 Å². The fourth-order valence-electron chi connectivity index (χ4n) is 2.60. The number of ether oxygens (including phenoxy) is 3. The minimum atomic E-state index is -5.08. The van der Waals surface area contributed by atoms with Crippen molar-refractivity contribution in [2.24, 2.45) is 0 Å². The topological polar surface area (TPSA) is 97.1 Å². The number of carbonyl (C=O) groups is 1. The molecule has 31 heavy (non-hydrogen) atoms. The zero-order valence-electron chi connectivity index (χ0n) is 15.7. The van der Waals surface area contributed by atoms with Crippen molar-refractivity contribution in [3.8, 4) is 11.5 Å². The molecule has 1 heterocycles. The van der Waals surface area contributed by atoms with E-state index in [9.17, 15) is 41.3 Å². The van der Waals surface area contributed by atoms with Crippen LogP contribution in [0.1, 0.15) is 24.5 Å². The van der Waals surface area contributed by atoms with E-state index in [2.05, 4.69) is 14.3 Å². The quantitative estimate of drug-likeness (QED) is 0.251. The van der Waals surface area contributed by atoms with Gasteiger partial charge in [0, 0.05) is 5.56 Å². The van der Waals surface area contributed by atoms with Gasteiger partial charge >= 0.3 is 18.5 Å². The molecular formula is C17H15F6NO7. The normalized spacial score (nSPS) is 18.0. The lowest BCUT2D eigenvalue weighted by molar-refractivity contribution is -0.757. The molecule has 0 saturated heterocycles. The van der Waals surface area contributed by atoms with Gasteiger partial charge in [0.1, 0.15) is 24.7 Å². The Kier molecular flexibility index (Phi) is 6.91. The summed E-state index contributed by atoms with van der Waals surface area (Å²) in [5, 5.41) is 8.85. The second kappa shape index (κ2) is 8.89. The van der Waals surface area contributed by atoms with E-state index < -0.39 is 54.6 Å². The largest absolute Gasteiger partial charge is 0.573 e. The van der Waals surface area contributed by atoms with Crippen LogP contribution in [0.3, 0.4) is 0 Å². The molecule has 0 aromatic heterocycles. The van der Waals surface area contributed by atoms with Gasteiger partial charge in [-0.3, -0.25) is 4.79 Å². The lowest BCUT2D eigenvalue weighted by atomic mass is 9.95. The molecule has 0 saturated carbocycles. The highest BCUT2D eigenvalue weighted by molar-refractivity contribution is 5.70. The number of rotatable bonds is 8. The number of nitrogens with zero attached hydrogens (tertiary/aromatic N) is 1. The highest BCUT2D eigenvalue weighted by Gasteiger charge is 2.58. The van der Waals surface area contributed by atoms with Gasteiger partial charge in [-0.2, -0.15) is 13.2 Å². The molecule has 0 amide bonds. The van der Waals surface area contributed by atoms with Crippen molar-refractivity contribution in [2.75, 3.05) is 13.2 Å². The van der Waals surface area contributed by atoms with E-state index in [-0.39, 0.29) is 23.3 Å². The van der Waals surface area contributed by atoms with Crippen LogP contribution in [0.4, 0.5) is 26.3 Å². The summed E-state index contributed by atoms with van der Waals surface area (Å²) in [6.07, 6.45) is -9.36. The van der Waals surface area contributed by atoms with Crippen LogP contribution in [0.2, 0.25) is 0 Å². The predicted octanol–water partition coefficient (Wildman–Crippen LogP) is 4.00. The van der Waals surface area contributed by atoms with Crippen LogP contribution < -0.4 is 9.47 Å². The minimum Gasteiger partial charge on any atom is -0.469 e. The van der Waals surface area contributed by atoms with Crippen LogP contribution >= 0.6 is 0 Å². The number of benzene rings is 1. The Labute approximate surface area is 170 Å². The second-order valence-corrected chi connectivity index (χ2v) is 6.19. The van der Waals surface area contributed by atoms with Gasteiger partial charge in [0.2, 0.25) is 0 Å². The van der Waals surface area contributed by atoms with Crippen molar-refractivity contribution >= 4 is 12.0 Å². The highest BCUT2D eigenvalue weighted by Crippen LogP contribution is 2.44. The van der Waals surface area contributed by atoms with E-state index >= 15 is 0 Å². The fraction of sp³-hybridized carbons (Fsp3) is 0.471. The summed E-state index contributed by atoms with van der Waals surface area (Å²) in [4.78, 5) is 25.5. The third-order valence-corrected chi connectivity index (χ3v) is 4.03. The number of fused-ring (bicyclic) bond motifs is 1. The average molecular weight is 459 g/mol. The standard InChI is InChI=1S/C17H15F6NO7/c1-2-10-7-12(30-17(21,22)23)8-11-3-5-15(16(18,19)20,31-14(10)11)9-28-13(25)4-6-29-24(26)27/h3,5,7-8H,2,4,6,9H2,1H3. The number of esters is 1. The lowest BCUT2D eigenvalue weighted by Gasteiger charge is -2.36. The van der Waals surface area contributed by atoms with Gasteiger partial charge in [0.25, 0.3) is 10.7 Å². The second-order valence-electron chi connectivity index (χ2n) is 6.19. The third kappa shape index (κ3) is 6.15. The number of aryl methyl sites for hydroxylation is 1. The molecule has 0 fully saturated rings. The first-order valence-corrected chi connectivity index (χ1v) is 8.57. The predicted molar refractivity (Wildman–Crippen MR) is 89.5 cm³/mol. The maximum absolute atomic E-state index is 13.8. The smallest absolute Gasteiger partial charge is 0.469 e. The molecule has 14 heteroatoms. The molecule has 0 aliphatic carbocycles. The van der Waals surface area contributed by atoms with E-state index in [1.54, 1.807) is 0 Å². The van der Waals surface area contributed by atoms with Crippen molar-refractivity contribution in [3.63, 3.8) is 0 Å². The van der Waals surface area contributed by atoms with Crippen LogP contribution in [0.15, 0.2) is 18.2 Å². The summed E-state index contributed by atoms with van der Waals surface area (Å²) in [6, 6.07) is 1.76. The van der Waals surface area contributed by atoms with Crippen LogP contribution in [-0.2, 0) is 20.8 Å². The van der Waals surface area contributed by atoms with Gasteiger partial charge in [-0.05, 0) is 30.2 Å². The zero-order chi connectivity index (χ0) is 23.4. The molecule has 0 spiro atoms. The Balaban J connectivity index is 2.27. The molecular weight excluding hydrogens is 444 g/mol. The molecule has 1 aliphatic heterocycles. The average Bonchev–Trinajstić information content (AvgIpc) is 2.63. The van der Waals surface area contributed by atoms with Crippen LogP contribution in [-0.4, -0.2) is 42.4 Å². The number of hydrogen-bond donors (Lipinski definition) is 0. The zero-order valence-corrected chi connectivity index (χ0v) is 15.7. The van der Waals surface area contributed by atoms with Gasteiger partial charge in [-0.25, -0.2) is 0 Å². The Bertz CT molecular complexity index is 868. The van der Waals surface area contributed by atoms with Crippen molar-refractivity contribution in [3.05, 3.63) is 39.4 Å². The van der Waals surface area contributed by atoms with E-state index in [1.165, 1.54) is 6.92 Å². The Hall–Kier alpha value is -3.19. The van der Waals surface area contributed by atoms with Gasteiger partial charge < -0.3 is 19.0 Å². The lowest BCUT2D eigenvalue weighted by Crippen LogP contribution is -2.54. The van der Waals surface area contributed by atoms with E-state index in [4.69, 9.17) is 4.74 Å². The molecule has 0 radical (unpaired) electrons. The number of carbonyl (C=O) groups excluding carboxylic acids is 1. The summed E-state index contributed by atoms with van der Waals surface area (Å²) in [5.41, 5.74) is -3.21. The SMILES string of the molecule is CCc1cc(OC(F)(F)F)cc2c1OC(COC(=O)CCO[N+](=O)[O-])(C(F)(F)F)C=C2. The van der Waals surface area contributed by atoms with Crippen LogP contribution in [0.25, 0.3) is 6.08 Å². The third-order valence-electron chi connectivity index (χ3n) is 4.03. The molecule has 1 atom stereocenters. The molecule has 2 rings (SSSR count). The van der Waals surface area contributed by atoms with Gasteiger partial charge in [-0.1, -0.05) is 13.0 Å². The number of alkyl halides is 6. The monoisotopic (exact) mass is 459 g/mol. The van der Waals surface area contributed by atoms with Crippen LogP contribution in [0.5, 0.6) is 11.5 Å². The van der Waals surface area contributed by atoms with Gasteiger partial charge in [-0.15, -0.1) is 23.3 Å². The number of halogens is 6. The Morgan fingerprint density at radius 1 is 1.23 bits per heavy atom. The van der Waals surface area contributed by atoms with Crippen LogP contribution in [0, 0.1) is 10.1 Å². The Morgan fingerprint density at radius 3 is 2.45 bits per heavy atom. The molecule has 0 bridgehead atoms. The van der Waals surface area contributed by atoms with Crippen molar-refractivity contribution < 1.29 is 55.3 Å². The molecule has 8 nitrogen and oxygen atoms in total. The molecule has 1 aromatic carbocycles. The summed E-state index contributed by atoms with van der Waals surface area (Å²) in [5.74, 6) is -2.18. The van der Waals surface area contributed by atoms with Crippen molar-refractivity contribution in [1.29, 1.82) is 0 Å². The first kappa shape index (κ1) is 24.1. The van der Waals surface area contributed by atoms with E-state index in [0.717, 1.165) is 18.2 Å². The van der Waals surface area contributed by atoms with Gasteiger partial charge in [0.05, 0.1) is 6.42 Å².